The van der Waals surface area contributed by atoms with Crippen molar-refractivity contribution < 1.29 is 4.79 Å². The molecule has 1 heterocycles. The maximum absolute atomic E-state index is 11.9. The lowest BCUT2D eigenvalue weighted by molar-refractivity contribution is -0.113. The van der Waals surface area contributed by atoms with Gasteiger partial charge in [-0.2, -0.15) is 0 Å². The third-order valence-corrected chi connectivity index (χ3v) is 5.71. The minimum absolute atomic E-state index is 0.0315. The van der Waals surface area contributed by atoms with Gasteiger partial charge in [-0.25, -0.2) is 0 Å². The minimum atomic E-state index is -0.0315. The summed E-state index contributed by atoms with van der Waals surface area (Å²) >= 11 is 5.12. The number of hydrogen-bond acceptors (Lipinski definition) is 6. The molecular formula is C13H13IN4OS2. The van der Waals surface area contributed by atoms with Crippen molar-refractivity contribution in [2.75, 3.05) is 16.4 Å². The van der Waals surface area contributed by atoms with Gasteiger partial charge in [0.05, 0.1) is 11.4 Å². The number of rotatable bonds is 6. The molecule has 0 bridgehead atoms. The predicted molar refractivity (Wildman–Crippen MR) is 95.1 cm³/mol. The highest BCUT2D eigenvalue weighted by Gasteiger charge is 2.22. The molecule has 1 aromatic heterocycles. The zero-order chi connectivity index (χ0) is 14.7. The lowest BCUT2D eigenvalue weighted by atomic mass is 10.3. The van der Waals surface area contributed by atoms with E-state index < -0.39 is 0 Å². The number of thioether (sulfide) groups is 1. The van der Waals surface area contributed by atoms with Crippen LogP contribution >= 0.6 is 45.7 Å². The first-order valence-electron chi connectivity index (χ1n) is 6.48. The average molecular weight is 432 g/mol. The van der Waals surface area contributed by atoms with Crippen molar-refractivity contribution in [2.45, 2.75) is 23.2 Å². The van der Waals surface area contributed by atoms with Crippen LogP contribution in [0.3, 0.4) is 0 Å². The van der Waals surface area contributed by atoms with E-state index in [1.165, 1.54) is 35.9 Å². The standard InChI is InChI=1S/C13H13IN4OS2/c14-9-3-1-2-4-10(9)16-11(19)7-20-13-18-17-12(21-13)15-8-5-6-8/h1-4,8H,5-7H2,(H,15,17)(H,16,19). The van der Waals surface area contributed by atoms with Crippen molar-refractivity contribution in [3.8, 4) is 0 Å². The highest BCUT2D eigenvalue weighted by atomic mass is 127. The van der Waals surface area contributed by atoms with E-state index in [0.717, 1.165) is 18.7 Å². The smallest absolute Gasteiger partial charge is 0.234 e. The lowest BCUT2D eigenvalue weighted by Gasteiger charge is -2.05. The molecule has 1 saturated carbocycles. The highest BCUT2D eigenvalue weighted by Crippen LogP contribution is 2.30. The molecule has 0 saturated heterocycles. The normalized spacial score (nSPS) is 14.0. The molecule has 1 fully saturated rings. The molecule has 0 spiro atoms. The molecule has 1 aliphatic rings. The van der Waals surface area contributed by atoms with Gasteiger partial charge in [-0.15, -0.1) is 10.2 Å². The van der Waals surface area contributed by atoms with Crippen LogP contribution in [-0.2, 0) is 4.79 Å². The second kappa shape index (κ2) is 6.93. The van der Waals surface area contributed by atoms with Gasteiger partial charge in [-0.3, -0.25) is 4.79 Å². The highest BCUT2D eigenvalue weighted by molar-refractivity contribution is 14.1. The van der Waals surface area contributed by atoms with Crippen LogP contribution in [0.1, 0.15) is 12.8 Å². The Bertz CT molecular complexity index is 645. The van der Waals surface area contributed by atoms with Gasteiger partial charge in [0.1, 0.15) is 0 Å². The molecule has 0 unspecified atom stereocenters. The Balaban J connectivity index is 1.49. The van der Waals surface area contributed by atoms with Crippen molar-refractivity contribution >= 4 is 62.4 Å². The molecule has 1 aromatic carbocycles. The monoisotopic (exact) mass is 432 g/mol. The summed E-state index contributed by atoms with van der Waals surface area (Å²) in [7, 11) is 0. The maximum atomic E-state index is 11.9. The van der Waals surface area contributed by atoms with Crippen LogP contribution in [0, 0.1) is 3.57 Å². The molecule has 0 radical (unpaired) electrons. The van der Waals surface area contributed by atoms with E-state index in [1.54, 1.807) is 0 Å². The van der Waals surface area contributed by atoms with Crippen molar-refractivity contribution in [1.29, 1.82) is 0 Å². The van der Waals surface area contributed by atoms with Crippen molar-refractivity contribution in [2.24, 2.45) is 0 Å². The Labute approximate surface area is 144 Å². The fraction of sp³-hybridized carbons (Fsp3) is 0.308. The molecule has 110 valence electrons. The van der Waals surface area contributed by atoms with Crippen LogP contribution in [0.4, 0.5) is 10.8 Å². The van der Waals surface area contributed by atoms with Crippen LogP contribution in [0.2, 0.25) is 0 Å². The summed E-state index contributed by atoms with van der Waals surface area (Å²) in [4.78, 5) is 11.9. The van der Waals surface area contributed by atoms with Gasteiger partial charge in [0.2, 0.25) is 11.0 Å². The first-order chi connectivity index (χ1) is 10.2. The number of aromatic nitrogens is 2. The molecule has 8 heteroatoms. The molecule has 1 amide bonds. The number of nitrogens with one attached hydrogen (secondary N) is 2. The van der Waals surface area contributed by atoms with Gasteiger partial charge >= 0.3 is 0 Å². The van der Waals surface area contributed by atoms with Gasteiger partial charge < -0.3 is 10.6 Å². The van der Waals surface area contributed by atoms with Crippen molar-refractivity contribution in [3.63, 3.8) is 0 Å². The summed E-state index contributed by atoms with van der Waals surface area (Å²) in [6.07, 6.45) is 2.42. The summed E-state index contributed by atoms with van der Waals surface area (Å²) in [6.45, 7) is 0. The molecule has 1 aliphatic carbocycles. The van der Waals surface area contributed by atoms with E-state index in [9.17, 15) is 4.79 Å². The van der Waals surface area contributed by atoms with E-state index in [4.69, 9.17) is 0 Å². The topological polar surface area (TPSA) is 66.9 Å². The number of carbonyl (C=O) groups excluding carboxylic acids is 1. The van der Waals surface area contributed by atoms with E-state index in [-0.39, 0.29) is 5.91 Å². The van der Waals surface area contributed by atoms with Crippen molar-refractivity contribution in [3.05, 3.63) is 27.8 Å². The zero-order valence-corrected chi connectivity index (χ0v) is 14.8. The number of carbonyl (C=O) groups is 1. The molecule has 0 atom stereocenters. The van der Waals surface area contributed by atoms with Crippen LogP contribution in [-0.4, -0.2) is 27.9 Å². The number of hydrogen-bond donors (Lipinski definition) is 2. The van der Waals surface area contributed by atoms with Crippen LogP contribution < -0.4 is 10.6 Å². The number of nitrogens with zero attached hydrogens (tertiary/aromatic N) is 2. The Kier molecular flexibility index (Phi) is 4.96. The molecule has 0 aliphatic heterocycles. The second-order valence-corrected chi connectivity index (χ2v) is 7.97. The number of halogens is 1. The summed E-state index contributed by atoms with van der Waals surface area (Å²) in [5, 5.41) is 15.2. The van der Waals surface area contributed by atoms with Crippen LogP contribution in [0.5, 0.6) is 0 Å². The second-order valence-electron chi connectivity index (χ2n) is 4.61. The number of amides is 1. The van der Waals surface area contributed by atoms with Gasteiger partial charge in [-0.1, -0.05) is 35.2 Å². The van der Waals surface area contributed by atoms with E-state index >= 15 is 0 Å². The van der Waals surface area contributed by atoms with Crippen LogP contribution in [0.15, 0.2) is 28.6 Å². The zero-order valence-electron chi connectivity index (χ0n) is 11.0. The molecule has 2 N–H and O–H groups in total. The van der Waals surface area contributed by atoms with Gasteiger partial charge in [0, 0.05) is 9.61 Å². The number of anilines is 2. The molecule has 5 nitrogen and oxygen atoms in total. The largest absolute Gasteiger partial charge is 0.357 e. The molecular weight excluding hydrogens is 419 g/mol. The summed E-state index contributed by atoms with van der Waals surface area (Å²) < 4.78 is 1.84. The Morgan fingerprint density at radius 3 is 2.95 bits per heavy atom. The first-order valence-corrected chi connectivity index (χ1v) is 9.36. The quantitative estimate of drug-likeness (QED) is 0.541. The Morgan fingerprint density at radius 2 is 2.19 bits per heavy atom. The van der Waals surface area contributed by atoms with E-state index in [1.807, 2.05) is 24.3 Å². The third-order valence-electron chi connectivity index (χ3n) is 2.79. The number of benzene rings is 1. The average Bonchev–Trinajstić information content (AvgIpc) is 3.16. The predicted octanol–water partition coefficient (Wildman–Crippen LogP) is 3.45. The summed E-state index contributed by atoms with van der Waals surface area (Å²) in [5.74, 6) is 0.305. The van der Waals surface area contributed by atoms with E-state index in [2.05, 4.69) is 43.4 Å². The maximum Gasteiger partial charge on any atom is 0.234 e. The molecule has 21 heavy (non-hydrogen) atoms. The number of para-hydroxylation sites is 1. The fourth-order valence-electron chi connectivity index (χ4n) is 1.60. The molecule has 3 rings (SSSR count). The van der Waals surface area contributed by atoms with E-state index in [0.29, 0.717) is 11.8 Å². The lowest BCUT2D eigenvalue weighted by Crippen LogP contribution is -2.14. The first kappa shape index (κ1) is 15.0. The Morgan fingerprint density at radius 1 is 1.38 bits per heavy atom. The summed E-state index contributed by atoms with van der Waals surface area (Å²) in [6, 6.07) is 8.28. The minimum Gasteiger partial charge on any atom is -0.357 e. The van der Waals surface area contributed by atoms with Gasteiger partial charge in [0.15, 0.2) is 4.34 Å². The fourth-order valence-corrected chi connectivity index (χ4v) is 3.76. The molecule has 2 aromatic rings. The Hall–Kier alpha value is -0.870. The van der Waals surface area contributed by atoms with Crippen LogP contribution in [0.25, 0.3) is 0 Å². The van der Waals surface area contributed by atoms with Gasteiger partial charge in [0.25, 0.3) is 0 Å². The third kappa shape index (κ3) is 4.55. The SMILES string of the molecule is O=C(CSc1nnc(NC2CC2)s1)Nc1ccccc1I. The van der Waals surface area contributed by atoms with Crippen molar-refractivity contribution in [1.82, 2.24) is 10.2 Å². The van der Waals surface area contributed by atoms with Gasteiger partial charge in [-0.05, 0) is 47.6 Å². The summed E-state index contributed by atoms with van der Waals surface area (Å²) in [5.41, 5.74) is 0.844.